The first kappa shape index (κ1) is 14.9. The van der Waals surface area contributed by atoms with Crippen molar-refractivity contribution >= 4 is 5.69 Å². The molecular formula is C18H28N2O. The Morgan fingerprint density at radius 3 is 2.48 bits per heavy atom. The fourth-order valence-corrected chi connectivity index (χ4v) is 3.55. The van der Waals surface area contributed by atoms with Gasteiger partial charge in [0.15, 0.2) is 0 Å². The Morgan fingerprint density at radius 2 is 1.81 bits per heavy atom. The molecule has 0 aromatic heterocycles. The number of hydrogen-bond acceptors (Lipinski definition) is 3. The van der Waals surface area contributed by atoms with Gasteiger partial charge in [0.25, 0.3) is 0 Å². The zero-order chi connectivity index (χ0) is 14.5. The average Bonchev–Trinajstić information content (AvgIpc) is 3.08. The second kappa shape index (κ2) is 7.28. The lowest BCUT2D eigenvalue weighted by Gasteiger charge is -2.29. The molecule has 0 spiro atoms. The van der Waals surface area contributed by atoms with Crippen LogP contribution in [0.15, 0.2) is 24.3 Å². The second-order valence-electron chi connectivity index (χ2n) is 6.48. The highest BCUT2D eigenvalue weighted by Crippen LogP contribution is 2.27. The maximum Gasteiger partial charge on any atom is 0.0642 e. The number of nitrogens with one attached hydrogen (secondary N) is 1. The smallest absolute Gasteiger partial charge is 0.0642 e. The highest BCUT2D eigenvalue weighted by atomic mass is 16.5. The third-order valence-corrected chi connectivity index (χ3v) is 5.05. The summed E-state index contributed by atoms with van der Waals surface area (Å²) in [4.78, 5) is 2.40. The molecule has 1 atom stereocenters. The Kier molecular flexibility index (Phi) is 5.15. The molecule has 0 radical (unpaired) electrons. The fourth-order valence-electron chi connectivity index (χ4n) is 3.55. The van der Waals surface area contributed by atoms with Gasteiger partial charge < -0.3 is 15.0 Å². The van der Waals surface area contributed by atoms with Crippen molar-refractivity contribution in [1.82, 2.24) is 5.32 Å². The van der Waals surface area contributed by atoms with E-state index in [1.165, 1.54) is 36.9 Å². The summed E-state index contributed by atoms with van der Waals surface area (Å²) in [5.41, 5.74) is 2.71. The minimum atomic E-state index is 0.645. The highest BCUT2D eigenvalue weighted by Gasteiger charge is 2.20. The van der Waals surface area contributed by atoms with Gasteiger partial charge in [-0.05, 0) is 43.4 Å². The molecule has 1 unspecified atom stereocenters. The van der Waals surface area contributed by atoms with E-state index in [1.807, 2.05) is 0 Å². The van der Waals surface area contributed by atoms with Crippen LogP contribution in [0.25, 0.3) is 0 Å². The molecule has 1 saturated carbocycles. The number of rotatable bonds is 5. The Balaban J connectivity index is 1.49. The molecule has 116 valence electrons. The number of hydrogen-bond donors (Lipinski definition) is 1. The minimum Gasteiger partial charge on any atom is -0.378 e. The van der Waals surface area contributed by atoms with E-state index in [0.29, 0.717) is 6.04 Å². The lowest BCUT2D eigenvalue weighted by molar-refractivity contribution is 0.122. The zero-order valence-corrected chi connectivity index (χ0v) is 13.2. The van der Waals surface area contributed by atoms with Crippen molar-refractivity contribution in [2.24, 2.45) is 5.92 Å². The van der Waals surface area contributed by atoms with Gasteiger partial charge in [0.2, 0.25) is 0 Å². The quantitative estimate of drug-likeness (QED) is 0.900. The Bertz CT molecular complexity index is 419. The summed E-state index contributed by atoms with van der Waals surface area (Å²) in [5, 5.41) is 3.71. The maximum absolute atomic E-state index is 5.41. The van der Waals surface area contributed by atoms with Crippen molar-refractivity contribution in [2.75, 3.05) is 31.2 Å². The summed E-state index contributed by atoms with van der Waals surface area (Å²) in [6.07, 6.45) is 5.66. The Hall–Kier alpha value is -1.06. The summed E-state index contributed by atoms with van der Waals surface area (Å²) in [5.74, 6) is 0.887. The first-order valence-electron chi connectivity index (χ1n) is 8.48. The van der Waals surface area contributed by atoms with Crippen LogP contribution in [0.1, 0.15) is 38.2 Å². The SMILES string of the molecule is CC(NCc1ccc(N2CCOCC2)cc1)C1CCCC1. The monoisotopic (exact) mass is 288 g/mol. The average molecular weight is 288 g/mol. The third-order valence-electron chi connectivity index (χ3n) is 5.05. The molecule has 2 aliphatic rings. The normalized spacial score (nSPS) is 21.7. The predicted molar refractivity (Wildman–Crippen MR) is 87.7 cm³/mol. The van der Waals surface area contributed by atoms with E-state index in [-0.39, 0.29) is 0 Å². The van der Waals surface area contributed by atoms with Crippen LogP contribution < -0.4 is 10.2 Å². The van der Waals surface area contributed by atoms with Gasteiger partial charge in [0.1, 0.15) is 0 Å². The van der Waals surface area contributed by atoms with Gasteiger partial charge in [0, 0.05) is 31.4 Å². The fraction of sp³-hybridized carbons (Fsp3) is 0.667. The van der Waals surface area contributed by atoms with Crippen molar-refractivity contribution < 1.29 is 4.74 Å². The van der Waals surface area contributed by atoms with E-state index in [1.54, 1.807) is 0 Å². The van der Waals surface area contributed by atoms with Crippen molar-refractivity contribution in [3.63, 3.8) is 0 Å². The summed E-state index contributed by atoms with van der Waals surface area (Å²) >= 11 is 0. The van der Waals surface area contributed by atoms with Crippen LogP contribution in [0.4, 0.5) is 5.69 Å². The van der Waals surface area contributed by atoms with Crippen molar-refractivity contribution in [3.8, 4) is 0 Å². The molecule has 1 aliphatic heterocycles. The lowest BCUT2D eigenvalue weighted by Crippen LogP contribution is -2.36. The van der Waals surface area contributed by atoms with Crippen LogP contribution in [0.3, 0.4) is 0 Å². The topological polar surface area (TPSA) is 24.5 Å². The molecule has 1 aromatic carbocycles. The lowest BCUT2D eigenvalue weighted by atomic mass is 9.99. The van der Waals surface area contributed by atoms with Crippen LogP contribution >= 0.6 is 0 Å². The number of benzene rings is 1. The first-order chi connectivity index (χ1) is 10.3. The number of nitrogens with zero attached hydrogens (tertiary/aromatic N) is 1. The molecular weight excluding hydrogens is 260 g/mol. The molecule has 0 amide bonds. The summed E-state index contributed by atoms with van der Waals surface area (Å²) in [6, 6.07) is 9.68. The molecule has 1 N–H and O–H groups in total. The molecule has 3 nitrogen and oxygen atoms in total. The summed E-state index contributed by atoms with van der Waals surface area (Å²) < 4.78 is 5.41. The Morgan fingerprint density at radius 1 is 1.14 bits per heavy atom. The van der Waals surface area contributed by atoms with Gasteiger partial charge in [-0.2, -0.15) is 0 Å². The molecule has 3 rings (SSSR count). The molecule has 0 bridgehead atoms. The maximum atomic E-state index is 5.41. The highest BCUT2D eigenvalue weighted by molar-refractivity contribution is 5.47. The van der Waals surface area contributed by atoms with Crippen LogP contribution in [0.2, 0.25) is 0 Å². The van der Waals surface area contributed by atoms with E-state index in [2.05, 4.69) is 41.4 Å². The van der Waals surface area contributed by atoms with Crippen LogP contribution in [0.5, 0.6) is 0 Å². The van der Waals surface area contributed by atoms with Gasteiger partial charge in [-0.1, -0.05) is 25.0 Å². The summed E-state index contributed by atoms with van der Waals surface area (Å²) in [7, 11) is 0. The first-order valence-corrected chi connectivity index (χ1v) is 8.48. The number of anilines is 1. The number of ether oxygens (including phenoxy) is 1. The third kappa shape index (κ3) is 3.98. The van der Waals surface area contributed by atoms with Crippen LogP contribution in [0, 0.1) is 5.92 Å². The van der Waals surface area contributed by atoms with Crippen molar-refractivity contribution in [3.05, 3.63) is 29.8 Å². The Labute approximate surface area is 128 Å². The molecule has 1 aromatic rings. The zero-order valence-electron chi connectivity index (χ0n) is 13.2. The van der Waals surface area contributed by atoms with Crippen LogP contribution in [-0.2, 0) is 11.3 Å². The predicted octanol–water partition coefficient (Wildman–Crippen LogP) is 3.19. The van der Waals surface area contributed by atoms with E-state index in [0.717, 1.165) is 38.8 Å². The largest absolute Gasteiger partial charge is 0.378 e. The van der Waals surface area contributed by atoms with Crippen molar-refractivity contribution in [2.45, 2.75) is 45.2 Å². The van der Waals surface area contributed by atoms with Gasteiger partial charge in [-0.25, -0.2) is 0 Å². The van der Waals surface area contributed by atoms with Crippen LogP contribution in [-0.4, -0.2) is 32.3 Å². The minimum absolute atomic E-state index is 0.645. The molecule has 3 heteroatoms. The van der Waals surface area contributed by atoms with E-state index in [9.17, 15) is 0 Å². The van der Waals surface area contributed by atoms with Gasteiger partial charge in [0.05, 0.1) is 13.2 Å². The second-order valence-corrected chi connectivity index (χ2v) is 6.48. The van der Waals surface area contributed by atoms with Gasteiger partial charge >= 0.3 is 0 Å². The number of morpholine rings is 1. The molecule has 1 aliphatic carbocycles. The van der Waals surface area contributed by atoms with E-state index in [4.69, 9.17) is 4.74 Å². The summed E-state index contributed by atoms with van der Waals surface area (Å²) in [6.45, 7) is 7.05. The molecule has 1 saturated heterocycles. The van der Waals surface area contributed by atoms with Crippen molar-refractivity contribution in [1.29, 1.82) is 0 Å². The van der Waals surface area contributed by atoms with E-state index >= 15 is 0 Å². The van der Waals surface area contributed by atoms with Gasteiger partial charge in [-0.3, -0.25) is 0 Å². The van der Waals surface area contributed by atoms with Gasteiger partial charge in [-0.15, -0.1) is 0 Å². The molecule has 1 heterocycles. The molecule has 21 heavy (non-hydrogen) atoms. The van der Waals surface area contributed by atoms with E-state index < -0.39 is 0 Å². The standard InChI is InChI=1S/C18H28N2O/c1-15(17-4-2-3-5-17)19-14-16-6-8-18(9-7-16)20-10-12-21-13-11-20/h6-9,15,17,19H,2-5,10-14H2,1H3. The molecule has 2 fully saturated rings.